The molecule has 1 fully saturated rings. The van der Waals surface area contributed by atoms with Gasteiger partial charge in [0.2, 0.25) is 0 Å². The molecule has 0 saturated carbocycles. The van der Waals surface area contributed by atoms with Crippen molar-refractivity contribution in [3.8, 4) is 0 Å². The Morgan fingerprint density at radius 1 is 1.24 bits per heavy atom. The van der Waals surface area contributed by atoms with Crippen LogP contribution in [0.2, 0.25) is 0 Å². The van der Waals surface area contributed by atoms with E-state index >= 15 is 0 Å². The number of fused-ring (bicyclic) bond motifs is 1. The van der Waals surface area contributed by atoms with Gasteiger partial charge in [-0.2, -0.15) is 0 Å². The Balaban J connectivity index is 1.95. The lowest BCUT2D eigenvalue weighted by atomic mass is 9.96. The van der Waals surface area contributed by atoms with E-state index in [4.69, 9.17) is 0 Å². The molecule has 1 saturated heterocycles. The summed E-state index contributed by atoms with van der Waals surface area (Å²) in [6.45, 7) is 1.28. The third-order valence-corrected chi connectivity index (χ3v) is 3.31. The second-order valence-corrected chi connectivity index (χ2v) is 4.41. The van der Waals surface area contributed by atoms with Gasteiger partial charge >= 0.3 is 0 Å². The molecule has 3 rings (SSSR count). The summed E-state index contributed by atoms with van der Waals surface area (Å²) in [5.41, 5.74) is 1.21. The van der Waals surface area contributed by atoms with Crippen LogP contribution in [0.1, 0.15) is 17.9 Å². The summed E-state index contributed by atoms with van der Waals surface area (Å²) in [6.07, 6.45) is 2.49. The molecule has 0 amide bonds. The fraction of sp³-hybridized carbons (Fsp3) is 0.333. The maximum Gasteiger partial charge on any atom is 0.162 e. The van der Waals surface area contributed by atoms with Crippen molar-refractivity contribution in [1.29, 1.82) is 0 Å². The second-order valence-electron chi connectivity index (χ2n) is 4.41. The van der Waals surface area contributed by atoms with Crippen molar-refractivity contribution in [3.63, 3.8) is 0 Å². The lowest BCUT2D eigenvalue weighted by molar-refractivity contribution is 0.394. The topological polar surface area (TPSA) is 15.3 Å². The predicted octanol–water partition coefficient (Wildman–Crippen LogP) is 2.30. The molecule has 1 atom stereocenters. The van der Waals surface area contributed by atoms with Gasteiger partial charge < -0.3 is 10.2 Å². The number of benzene rings is 1. The minimum Gasteiger partial charge on any atom is -0.372 e. The molecule has 90 valence electrons. The lowest BCUT2D eigenvalue weighted by Gasteiger charge is -2.15. The van der Waals surface area contributed by atoms with Crippen LogP contribution < -0.4 is 5.32 Å². The van der Waals surface area contributed by atoms with Crippen molar-refractivity contribution in [2.45, 2.75) is 12.3 Å². The number of rotatable bonds is 1. The normalized spacial score (nSPS) is 22.4. The van der Waals surface area contributed by atoms with Crippen LogP contribution in [-0.2, 0) is 0 Å². The first kappa shape index (κ1) is 10.5. The molecule has 0 bridgehead atoms. The molecule has 5 heteroatoms. The molecule has 0 aromatic heterocycles. The lowest BCUT2D eigenvalue weighted by Crippen LogP contribution is -2.22. The van der Waals surface area contributed by atoms with Gasteiger partial charge in [0.15, 0.2) is 11.6 Å². The molecular weight excluding hydrogens is 229 g/mol. The Morgan fingerprint density at radius 3 is 2.82 bits per heavy atom. The zero-order valence-corrected chi connectivity index (χ0v) is 9.01. The quantitative estimate of drug-likeness (QED) is 0.758. The second kappa shape index (κ2) is 3.68. The standard InChI is InChI=1S/C12H11F3N2/c13-8-2-10(12(15)11(14)3-8)7-1-9-4-16-6-17(9)5-7/h2-4,7,16H,1,5-6H2/t7-/m0/s1. The molecule has 1 N–H and O–H groups in total. The van der Waals surface area contributed by atoms with Crippen LogP contribution >= 0.6 is 0 Å². The monoisotopic (exact) mass is 240 g/mol. The summed E-state index contributed by atoms with van der Waals surface area (Å²) in [7, 11) is 0. The molecule has 0 aliphatic carbocycles. The van der Waals surface area contributed by atoms with E-state index in [1.165, 1.54) is 0 Å². The molecule has 2 heterocycles. The number of nitrogens with one attached hydrogen (secondary N) is 1. The van der Waals surface area contributed by atoms with E-state index in [-0.39, 0.29) is 11.5 Å². The van der Waals surface area contributed by atoms with Crippen LogP contribution in [-0.4, -0.2) is 18.1 Å². The van der Waals surface area contributed by atoms with E-state index in [0.29, 0.717) is 25.7 Å². The van der Waals surface area contributed by atoms with Crippen LogP contribution in [0, 0.1) is 17.5 Å². The molecule has 2 aliphatic rings. The van der Waals surface area contributed by atoms with Crippen molar-refractivity contribution in [2.75, 3.05) is 13.2 Å². The number of hydrogen-bond donors (Lipinski definition) is 1. The van der Waals surface area contributed by atoms with Crippen LogP contribution in [0.4, 0.5) is 13.2 Å². The smallest absolute Gasteiger partial charge is 0.162 e. The van der Waals surface area contributed by atoms with Crippen molar-refractivity contribution in [1.82, 2.24) is 10.2 Å². The third-order valence-electron chi connectivity index (χ3n) is 3.31. The Hall–Kier alpha value is -1.65. The van der Waals surface area contributed by atoms with Gasteiger partial charge in [-0.3, -0.25) is 0 Å². The number of hydrogen-bond acceptors (Lipinski definition) is 2. The van der Waals surface area contributed by atoms with Gasteiger partial charge in [0.1, 0.15) is 5.82 Å². The van der Waals surface area contributed by atoms with Crippen molar-refractivity contribution < 1.29 is 13.2 Å². The number of halogens is 3. The number of nitrogens with zero attached hydrogens (tertiary/aromatic N) is 1. The summed E-state index contributed by atoms with van der Waals surface area (Å²) >= 11 is 0. The average molecular weight is 240 g/mol. The van der Waals surface area contributed by atoms with Gasteiger partial charge in [-0.15, -0.1) is 0 Å². The van der Waals surface area contributed by atoms with E-state index < -0.39 is 17.5 Å². The molecule has 0 unspecified atom stereocenters. The van der Waals surface area contributed by atoms with E-state index in [2.05, 4.69) is 5.32 Å². The van der Waals surface area contributed by atoms with Crippen molar-refractivity contribution >= 4 is 0 Å². The van der Waals surface area contributed by atoms with Crippen molar-refractivity contribution in [2.24, 2.45) is 0 Å². The van der Waals surface area contributed by atoms with Crippen LogP contribution in [0.5, 0.6) is 0 Å². The Bertz CT molecular complexity index is 499. The Labute approximate surface area is 96.7 Å². The van der Waals surface area contributed by atoms with Gasteiger partial charge in [-0.25, -0.2) is 13.2 Å². The Kier molecular flexibility index (Phi) is 2.28. The maximum atomic E-state index is 13.6. The van der Waals surface area contributed by atoms with Gasteiger partial charge in [-0.1, -0.05) is 0 Å². The molecule has 1 aromatic carbocycles. The van der Waals surface area contributed by atoms with Crippen LogP contribution in [0.3, 0.4) is 0 Å². The molecule has 0 spiro atoms. The van der Waals surface area contributed by atoms with E-state index in [1.54, 1.807) is 0 Å². The summed E-state index contributed by atoms with van der Waals surface area (Å²) < 4.78 is 39.8. The zero-order valence-electron chi connectivity index (χ0n) is 9.01. The molecule has 2 nitrogen and oxygen atoms in total. The Morgan fingerprint density at radius 2 is 2.06 bits per heavy atom. The van der Waals surface area contributed by atoms with Gasteiger partial charge in [0.25, 0.3) is 0 Å². The first-order chi connectivity index (χ1) is 8.15. The largest absolute Gasteiger partial charge is 0.372 e. The maximum absolute atomic E-state index is 13.6. The van der Waals surface area contributed by atoms with Gasteiger partial charge in [0, 0.05) is 30.4 Å². The minimum atomic E-state index is -1.11. The summed E-state index contributed by atoms with van der Waals surface area (Å²) in [4.78, 5) is 2.05. The highest BCUT2D eigenvalue weighted by molar-refractivity contribution is 5.29. The molecule has 17 heavy (non-hydrogen) atoms. The SMILES string of the molecule is Fc1cc(F)c(F)c([C@H]2CC3=CNCN3C2)c1. The summed E-state index contributed by atoms with van der Waals surface area (Å²) in [5.74, 6) is -2.93. The molecule has 1 aromatic rings. The fourth-order valence-corrected chi connectivity index (χ4v) is 2.50. The van der Waals surface area contributed by atoms with E-state index in [0.717, 1.165) is 11.8 Å². The summed E-state index contributed by atoms with van der Waals surface area (Å²) in [6, 6.07) is 1.68. The highest BCUT2D eigenvalue weighted by Gasteiger charge is 2.32. The van der Waals surface area contributed by atoms with Gasteiger partial charge in [-0.05, 0) is 18.1 Å². The van der Waals surface area contributed by atoms with Crippen LogP contribution in [0.25, 0.3) is 0 Å². The zero-order chi connectivity index (χ0) is 12.0. The molecule has 0 radical (unpaired) electrons. The van der Waals surface area contributed by atoms with Gasteiger partial charge in [0.05, 0.1) is 6.67 Å². The fourth-order valence-electron chi connectivity index (χ4n) is 2.50. The molecule has 2 aliphatic heterocycles. The molecular formula is C12H11F3N2. The predicted molar refractivity (Wildman–Crippen MR) is 56.5 cm³/mol. The highest BCUT2D eigenvalue weighted by Crippen LogP contribution is 2.36. The highest BCUT2D eigenvalue weighted by atomic mass is 19.2. The first-order valence-corrected chi connectivity index (χ1v) is 5.47. The third kappa shape index (κ3) is 1.66. The van der Waals surface area contributed by atoms with E-state index in [9.17, 15) is 13.2 Å². The minimum absolute atomic E-state index is 0.137. The number of allylic oxidation sites excluding steroid dienone is 1. The average Bonchev–Trinajstić information content (AvgIpc) is 2.83. The summed E-state index contributed by atoms with van der Waals surface area (Å²) in [5, 5.41) is 3.06. The van der Waals surface area contributed by atoms with Crippen LogP contribution in [0.15, 0.2) is 24.0 Å². The van der Waals surface area contributed by atoms with E-state index in [1.807, 2.05) is 11.1 Å². The van der Waals surface area contributed by atoms with Crippen molar-refractivity contribution in [3.05, 3.63) is 47.0 Å². The first-order valence-electron chi connectivity index (χ1n) is 5.47.